The van der Waals surface area contributed by atoms with Gasteiger partial charge in [0, 0.05) is 30.6 Å². The summed E-state index contributed by atoms with van der Waals surface area (Å²) in [5, 5.41) is 1.13. The Morgan fingerprint density at radius 3 is 2.69 bits per heavy atom. The minimum atomic E-state index is -0.183. The average Bonchev–Trinajstić information content (AvgIpc) is 2.69. The first-order chi connectivity index (χ1) is 12.8. The smallest absolute Gasteiger partial charge is 0.123 e. The number of morpholine rings is 1. The number of rotatable bonds is 5. The lowest BCUT2D eigenvalue weighted by Gasteiger charge is -2.28. The van der Waals surface area contributed by atoms with Crippen molar-refractivity contribution in [3.8, 4) is 0 Å². The molecule has 0 saturated carbocycles. The number of benzene rings is 2. The van der Waals surface area contributed by atoms with Gasteiger partial charge >= 0.3 is 0 Å². The second-order valence-electron chi connectivity index (χ2n) is 6.81. The van der Waals surface area contributed by atoms with Gasteiger partial charge in [-0.1, -0.05) is 30.3 Å². The predicted octanol–water partition coefficient (Wildman–Crippen LogP) is 4.23. The van der Waals surface area contributed by atoms with Crippen LogP contribution in [0.1, 0.15) is 23.5 Å². The van der Waals surface area contributed by atoms with Gasteiger partial charge in [-0.05, 0) is 48.4 Å². The summed E-state index contributed by atoms with van der Waals surface area (Å²) < 4.78 is 19.3. The molecule has 3 aromatic rings. The van der Waals surface area contributed by atoms with Crippen molar-refractivity contribution < 1.29 is 9.13 Å². The molecule has 0 bridgehead atoms. The molecule has 2 aromatic carbocycles. The van der Waals surface area contributed by atoms with Crippen LogP contribution in [-0.2, 0) is 4.74 Å². The Kier molecular flexibility index (Phi) is 5.23. The minimum absolute atomic E-state index is 0.153. The van der Waals surface area contributed by atoms with Crippen molar-refractivity contribution in [3.05, 3.63) is 77.7 Å². The van der Waals surface area contributed by atoms with E-state index >= 15 is 0 Å². The van der Waals surface area contributed by atoms with Gasteiger partial charge < -0.3 is 4.74 Å². The van der Waals surface area contributed by atoms with Crippen LogP contribution in [0.4, 0.5) is 4.39 Å². The summed E-state index contributed by atoms with van der Waals surface area (Å²) in [6.45, 7) is 4.50. The molecule has 0 aliphatic carbocycles. The second kappa shape index (κ2) is 7.94. The number of halogens is 1. The third-order valence-electron chi connectivity index (χ3n) is 5.12. The largest absolute Gasteiger partial charge is 0.379 e. The Morgan fingerprint density at radius 1 is 1.00 bits per heavy atom. The minimum Gasteiger partial charge on any atom is -0.379 e. The molecule has 134 valence electrons. The van der Waals surface area contributed by atoms with Gasteiger partial charge in [0.1, 0.15) is 5.82 Å². The maximum absolute atomic E-state index is 13.9. The maximum Gasteiger partial charge on any atom is 0.123 e. The Hall–Kier alpha value is -2.30. The molecule has 1 aromatic heterocycles. The molecule has 26 heavy (non-hydrogen) atoms. The molecule has 1 saturated heterocycles. The van der Waals surface area contributed by atoms with E-state index in [0.29, 0.717) is 0 Å². The fourth-order valence-electron chi connectivity index (χ4n) is 3.69. The van der Waals surface area contributed by atoms with Gasteiger partial charge in [0.25, 0.3) is 0 Å². The number of hydrogen-bond donors (Lipinski definition) is 0. The molecule has 1 unspecified atom stereocenters. The Morgan fingerprint density at radius 2 is 1.85 bits per heavy atom. The lowest BCUT2D eigenvalue weighted by atomic mass is 9.87. The number of nitrogens with zero attached hydrogens (tertiary/aromatic N) is 2. The summed E-state index contributed by atoms with van der Waals surface area (Å²) in [4.78, 5) is 6.91. The molecular formula is C22H23FN2O. The Labute approximate surface area is 153 Å². The Bertz CT molecular complexity index is 877. The molecule has 0 amide bonds. The standard InChI is InChI=1S/C22H23FN2O/c23-20-5-1-3-18(15-20)21(8-10-25-11-13-26-14-12-25)19-7-6-17-4-2-9-24-22(17)16-19/h1-7,9,15-16,21H,8,10-14H2. The number of aromatic nitrogens is 1. The third-order valence-corrected chi connectivity index (χ3v) is 5.12. The summed E-state index contributed by atoms with van der Waals surface area (Å²) in [5.41, 5.74) is 3.20. The van der Waals surface area contributed by atoms with Crippen molar-refractivity contribution in [2.75, 3.05) is 32.8 Å². The molecule has 4 rings (SSSR count). The van der Waals surface area contributed by atoms with E-state index in [0.717, 1.165) is 55.7 Å². The van der Waals surface area contributed by atoms with Gasteiger partial charge in [0.15, 0.2) is 0 Å². The van der Waals surface area contributed by atoms with Crippen LogP contribution in [0.5, 0.6) is 0 Å². The predicted molar refractivity (Wildman–Crippen MR) is 102 cm³/mol. The van der Waals surface area contributed by atoms with Crippen LogP contribution >= 0.6 is 0 Å². The van der Waals surface area contributed by atoms with Gasteiger partial charge in [-0.15, -0.1) is 0 Å². The van der Waals surface area contributed by atoms with E-state index in [1.807, 2.05) is 18.3 Å². The fourth-order valence-corrected chi connectivity index (χ4v) is 3.69. The highest BCUT2D eigenvalue weighted by molar-refractivity contribution is 5.79. The van der Waals surface area contributed by atoms with Crippen molar-refractivity contribution in [3.63, 3.8) is 0 Å². The van der Waals surface area contributed by atoms with E-state index in [-0.39, 0.29) is 11.7 Å². The van der Waals surface area contributed by atoms with Gasteiger partial charge in [-0.2, -0.15) is 0 Å². The van der Waals surface area contributed by atoms with Crippen molar-refractivity contribution >= 4 is 10.9 Å². The zero-order chi connectivity index (χ0) is 17.8. The van der Waals surface area contributed by atoms with Crippen LogP contribution < -0.4 is 0 Å². The van der Waals surface area contributed by atoms with Crippen molar-refractivity contribution in [1.29, 1.82) is 0 Å². The zero-order valence-corrected chi connectivity index (χ0v) is 14.8. The lowest BCUT2D eigenvalue weighted by Crippen LogP contribution is -2.37. The van der Waals surface area contributed by atoms with E-state index < -0.39 is 0 Å². The fraction of sp³-hybridized carbons (Fsp3) is 0.318. The summed E-state index contributed by atoms with van der Waals surface area (Å²) in [7, 11) is 0. The van der Waals surface area contributed by atoms with E-state index in [2.05, 4.69) is 34.1 Å². The zero-order valence-electron chi connectivity index (χ0n) is 14.8. The van der Waals surface area contributed by atoms with Crippen molar-refractivity contribution in [2.24, 2.45) is 0 Å². The van der Waals surface area contributed by atoms with Crippen molar-refractivity contribution in [1.82, 2.24) is 9.88 Å². The molecule has 2 heterocycles. The highest BCUT2D eigenvalue weighted by Gasteiger charge is 2.18. The van der Waals surface area contributed by atoms with E-state index in [1.54, 1.807) is 12.1 Å². The van der Waals surface area contributed by atoms with Gasteiger partial charge in [0.2, 0.25) is 0 Å². The Balaban J connectivity index is 1.64. The molecule has 3 nitrogen and oxygen atoms in total. The van der Waals surface area contributed by atoms with E-state index in [1.165, 1.54) is 11.6 Å². The maximum atomic E-state index is 13.9. The van der Waals surface area contributed by atoms with Crippen LogP contribution in [0, 0.1) is 5.82 Å². The number of pyridine rings is 1. The summed E-state index contributed by atoms with van der Waals surface area (Å²) in [6, 6.07) is 17.4. The van der Waals surface area contributed by atoms with Crippen LogP contribution in [0.3, 0.4) is 0 Å². The average molecular weight is 350 g/mol. The SMILES string of the molecule is Fc1cccc(C(CCN2CCOCC2)c2ccc3cccnc3c2)c1. The number of ether oxygens (including phenoxy) is 1. The second-order valence-corrected chi connectivity index (χ2v) is 6.81. The molecule has 1 aliphatic heterocycles. The molecule has 0 spiro atoms. The van der Waals surface area contributed by atoms with Gasteiger partial charge in [-0.3, -0.25) is 9.88 Å². The monoisotopic (exact) mass is 350 g/mol. The molecule has 4 heteroatoms. The van der Waals surface area contributed by atoms with Gasteiger partial charge in [-0.25, -0.2) is 4.39 Å². The highest BCUT2D eigenvalue weighted by atomic mass is 19.1. The number of hydrogen-bond acceptors (Lipinski definition) is 3. The number of fused-ring (bicyclic) bond motifs is 1. The van der Waals surface area contributed by atoms with Crippen LogP contribution in [-0.4, -0.2) is 42.7 Å². The molecule has 0 N–H and O–H groups in total. The topological polar surface area (TPSA) is 25.4 Å². The first-order valence-corrected chi connectivity index (χ1v) is 9.20. The van der Waals surface area contributed by atoms with E-state index in [4.69, 9.17) is 4.74 Å². The first-order valence-electron chi connectivity index (χ1n) is 9.20. The molecule has 1 aliphatic rings. The molecule has 0 radical (unpaired) electrons. The molecule has 1 atom stereocenters. The summed E-state index contributed by atoms with van der Waals surface area (Å²) in [6.07, 6.45) is 2.76. The normalized spacial score (nSPS) is 16.7. The van der Waals surface area contributed by atoms with Crippen LogP contribution in [0.2, 0.25) is 0 Å². The van der Waals surface area contributed by atoms with E-state index in [9.17, 15) is 4.39 Å². The van der Waals surface area contributed by atoms with Crippen LogP contribution in [0.25, 0.3) is 10.9 Å². The quantitative estimate of drug-likeness (QED) is 0.689. The summed E-state index contributed by atoms with van der Waals surface area (Å²) >= 11 is 0. The lowest BCUT2D eigenvalue weighted by molar-refractivity contribution is 0.0369. The summed E-state index contributed by atoms with van der Waals surface area (Å²) in [5.74, 6) is -0.0299. The molecular weight excluding hydrogens is 327 g/mol. The third kappa shape index (κ3) is 3.92. The van der Waals surface area contributed by atoms with Crippen molar-refractivity contribution in [2.45, 2.75) is 12.3 Å². The first kappa shape index (κ1) is 17.1. The van der Waals surface area contributed by atoms with Crippen LogP contribution in [0.15, 0.2) is 60.8 Å². The highest BCUT2D eigenvalue weighted by Crippen LogP contribution is 2.30. The van der Waals surface area contributed by atoms with Gasteiger partial charge in [0.05, 0.1) is 18.7 Å². The molecule has 1 fully saturated rings.